The van der Waals surface area contributed by atoms with Crippen LogP contribution in [0.4, 0.5) is 5.69 Å². The maximum absolute atomic E-state index is 13.1. The Bertz CT molecular complexity index is 1180. The number of carbonyl (C=O) groups excluding carboxylic acids is 2. The summed E-state index contributed by atoms with van der Waals surface area (Å²) in [6, 6.07) is 21.1. The SMILES string of the molecule is COc1ccc(/C(O)=C2/C(=O)C(=O)N(c3ccc(C)cc3)C2c2cccc(C)c2)cc1. The molecule has 0 saturated carbocycles. The number of ketones is 1. The van der Waals surface area contributed by atoms with Gasteiger partial charge in [-0.15, -0.1) is 0 Å². The fourth-order valence-electron chi connectivity index (χ4n) is 3.86. The van der Waals surface area contributed by atoms with E-state index in [1.807, 2.05) is 62.4 Å². The van der Waals surface area contributed by atoms with Gasteiger partial charge < -0.3 is 9.84 Å². The molecule has 31 heavy (non-hydrogen) atoms. The minimum atomic E-state index is -0.732. The summed E-state index contributed by atoms with van der Waals surface area (Å²) in [7, 11) is 1.56. The fraction of sp³-hybridized carbons (Fsp3) is 0.154. The molecule has 3 aromatic rings. The van der Waals surface area contributed by atoms with E-state index in [0.29, 0.717) is 17.0 Å². The number of rotatable bonds is 4. The third kappa shape index (κ3) is 3.70. The zero-order valence-electron chi connectivity index (χ0n) is 17.6. The number of aryl methyl sites for hydroxylation is 2. The van der Waals surface area contributed by atoms with E-state index in [9.17, 15) is 14.7 Å². The van der Waals surface area contributed by atoms with E-state index < -0.39 is 17.7 Å². The van der Waals surface area contributed by atoms with E-state index in [0.717, 1.165) is 16.7 Å². The molecule has 1 heterocycles. The lowest BCUT2D eigenvalue weighted by Crippen LogP contribution is -2.29. The molecule has 5 nitrogen and oxygen atoms in total. The summed E-state index contributed by atoms with van der Waals surface area (Å²) in [5.41, 5.74) is 3.92. The zero-order valence-corrected chi connectivity index (χ0v) is 17.6. The van der Waals surface area contributed by atoms with Crippen LogP contribution in [-0.2, 0) is 9.59 Å². The van der Waals surface area contributed by atoms with E-state index in [1.54, 1.807) is 31.4 Å². The van der Waals surface area contributed by atoms with Gasteiger partial charge in [0.15, 0.2) is 0 Å². The molecule has 1 N–H and O–H groups in total. The zero-order chi connectivity index (χ0) is 22.1. The van der Waals surface area contributed by atoms with Crippen molar-refractivity contribution in [1.29, 1.82) is 0 Å². The number of aliphatic hydroxyl groups excluding tert-OH is 1. The number of hydrogen-bond acceptors (Lipinski definition) is 4. The highest BCUT2D eigenvalue weighted by molar-refractivity contribution is 6.51. The standard InChI is InChI=1S/C26H23NO4/c1-16-7-11-20(12-8-16)27-23(19-6-4-5-17(2)15-19)22(25(29)26(27)30)24(28)18-9-13-21(31-3)14-10-18/h4-15,23,28H,1-3H3/b24-22-. The summed E-state index contributed by atoms with van der Waals surface area (Å²) in [6.45, 7) is 3.91. The van der Waals surface area contributed by atoms with Crippen molar-refractivity contribution in [2.24, 2.45) is 0 Å². The highest BCUT2D eigenvalue weighted by Gasteiger charge is 2.46. The first-order valence-electron chi connectivity index (χ1n) is 9.99. The van der Waals surface area contributed by atoms with E-state index >= 15 is 0 Å². The molecule has 156 valence electrons. The van der Waals surface area contributed by atoms with Crippen molar-refractivity contribution in [3.8, 4) is 5.75 Å². The molecular weight excluding hydrogens is 390 g/mol. The second kappa shape index (κ2) is 8.11. The van der Waals surface area contributed by atoms with Crippen molar-refractivity contribution in [1.82, 2.24) is 0 Å². The van der Waals surface area contributed by atoms with E-state index in [4.69, 9.17) is 4.74 Å². The van der Waals surface area contributed by atoms with Gasteiger partial charge in [0, 0.05) is 11.3 Å². The Balaban J connectivity index is 1.92. The van der Waals surface area contributed by atoms with E-state index in [2.05, 4.69) is 0 Å². The number of nitrogens with zero attached hydrogens (tertiary/aromatic N) is 1. The summed E-state index contributed by atoms with van der Waals surface area (Å²) >= 11 is 0. The number of benzene rings is 3. The Morgan fingerprint density at radius 3 is 2.19 bits per heavy atom. The van der Waals surface area contributed by atoms with Gasteiger partial charge in [-0.25, -0.2) is 0 Å². The van der Waals surface area contributed by atoms with Gasteiger partial charge in [-0.1, -0.05) is 47.5 Å². The van der Waals surface area contributed by atoms with E-state index in [1.165, 1.54) is 4.90 Å². The van der Waals surface area contributed by atoms with Gasteiger partial charge >= 0.3 is 0 Å². The summed E-state index contributed by atoms with van der Waals surface area (Å²) in [4.78, 5) is 27.7. The third-order valence-electron chi connectivity index (χ3n) is 5.48. The summed E-state index contributed by atoms with van der Waals surface area (Å²) in [6.07, 6.45) is 0. The second-order valence-corrected chi connectivity index (χ2v) is 7.65. The molecule has 1 aliphatic rings. The lowest BCUT2D eigenvalue weighted by molar-refractivity contribution is -0.132. The number of ether oxygens (including phenoxy) is 1. The van der Waals surface area contributed by atoms with Crippen LogP contribution in [0.5, 0.6) is 5.75 Å². The van der Waals surface area contributed by atoms with Crippen LogP contribution in [0.15, 0.2) is 78.4 Å². The summed E-state index contributed by atoms with van der Waals surface area (Å²) in [5, 5.41) is 11.1. The molecule has 1 unspecified atom stereocenters. The van der Waals surface area contributed by atoms with Crippen molar-refractivity contribution in [2.45, 2.75) is 19.9 Å². The van der Waals surface area contributed by atoms with Crippen molar-refractivity contribution in [3.63, 3.8) is 0 Å². The Labute approximate surface area is 181 Å². The number of carbonyl (C=O) groups is 2. The quantitative estimate of drug-likeness (QED) is 0.374. The van der Waals surface area contributed by atoms with Crippen LogP contribution in [-0.4, -0.2) is 23.9 Å². The summed E-state index contributed by atoms with van der Waals surface area (Å²) < 4.78 is 5.17. The number of hydrogen-bond donors (Lipinski definition) is 1. The minimum absolute atomic E-state index is 0.0707. The molecular formula is C26H23NO4. The lowest BCUT2D eigenvalue weighted by atomic mass is 9.94. The number of aliphatic hydroxyl groups is 1. The smallest absolute Gasteiger partial charge is 0.300 e. The molecule has 1 fully saturated rings. The molecule has 0 bridgehead atoms. The first-order chi connectivity index (χ1) is 14.9. The number of anilines is 1. The molecule has 0 spiro atoms. The fourth-order valence-corrected chi connectivity index (χ4v) is 3.86. The van der Waals surface area contributed by atoms with Crippen LogP contribution in [0.3, 0.4) is 0 Å². The van der Waals surface area contributed by atoms with Gasteiger partial charge in [-0.05, 0) is 55.8 Å². The Hall–Kier alpha value is -3.86. The molecule has 1 saturated heterocycles. The Kier molecular flexibility index (Phi) is 5.34. The molecule has 1 aliphatic heterocycles. The van der Waals surface area contributed by atoms with Crippen LogP contribution in [0, 0.1) is 13.8 Å². The van der Waals surface area contributed by atoms with Gasteiger partial charge in [-0.2, -0.15) is 0 Å². The molecule has 0 aromatic heterocycles. The average molecular weight is 413 g/mol. The maximum atomic E-state index is 13.1. The first-order valence-corrected chi connectivity index (χ1v) is 9.99. The van der Waals surface area contributed by atoms with Gasteiger partial charge in [0.05, 0.1) is 18.7 Å². The normalized spacial score (nSPS) is 17.8. The molecule has 0 radical (unpaired) electrons. The predicted molar refractivity (Wildman–Crippen MR) is 120 cm³/mol. The van der Waals surface area contributed by atoms with Crippen LogP contribution in [0.2, 0.25) is 0 Å². The Morgan fingerprint density at radius 1 is 0.903 bits per heavy atom. The highest BCUT2D eigenvalue weighted by Crippen LogP contribution is 2.42. The van der Waals surface area contributed by atoms with Gasteiger partial charge in [0.2, 0.25) is 0 Å². The topological polar surface area (TPSA) is 66.8 Å². The molecule has 3 aromatic carbocycles. The lowest BCUT2D eigenvalue weighted by Gasteiger charge is -2.26. The van der Waals surface area contributed by atoms with Crippen molar-refractivity contribution in [2.75, 3.05) is 12.0 Å². The van der Waals surface area contributed by atoms with Crippen LogP contribution in [0.25, 0.3) is 5.76 Å². The Morgan fingerprint density at radius 2 is 1.58 bits per heavy atom. The monoisotopic (exact) mass is 413 g/mol. The molecule has 1 amide bonds. The largest absolute Gasteiger partial charge is 0.507 e. The molecule has 1 atom stereocenters. The molecule has 0 aliphatic carbocycles. The van der Waals surface area contributed by atoms with Crippen LogP contribution < -0.4 is 9.64 Å². The number of amides is 1. The van der Waals surface area contributed by atoms with Crippen LogP contribution >= 0.6 is 0 Å². The maximum Gasteiger partial charge on any atom is 0.300 e. The van der Waals surface area contributed by atoms with Gasteiger partial charge in [-0.3, -0.25) is 14.5 Å². The van der Waals surface area contributed by atoms with E-state index in [-0.39, 0.29) is 11.3 Å². The third-order valence-corrected chi connectivity index (χ3v) is 5.48. The molecule has 5 heteroatoms. The average Bonchev–Trinajstić information content (AvgIpc) is 3.04. The van der Waals surface area contributed by atoms with Crippen molar-refractivity contribution in [3.05, 3.63) is 101 Å². The van der Waals surface area contributed by atoms with Crippen LogP contribution in [0.1, 0.15) is 28.3 Å². The van der Waals surface area contributed by atoms with Crippen molar-refractivity contribution < 1.29 is 19.4 Å². The number of Topliss-reactive ketones (excluding diaryl/α,β-unsaturated/α-hetero) is 1. The second-order valence-electron chi connectivity index (χ2n) is 7.65. The predicted octanol–water partition coefficient (Wildman–Crippen LogP) is 4.94. The van der Waals surface area contributed by atoms with Gasteiger partial charge in [0.1, 0.15) is 11.5 Å². The highest BCUT2D eigenvalue weighted by atomic mass is 16.5. The van der Waals surface area contributed by atoms with Crippen molar-refractivity contribution >= 4 is 23.1 Å². The summed E-state index contributed by atoms with van der Waals surface area (Å²) in [5.74, 6) is -0.945. The minimum Gasteiger partial charge on any atom is -0.507 e. The van der Waals surface area contributed by atoms with Gasteiger partial charge in [0.25, 0.3) is 11.7 Å². The number of methoxy groups -OCH3 is 1. The molecule has 4 rings (SSSR count). The first kappa shape index (κ1) is 20.4.